The first kappa shape index (κ1) is 24.3. The molecule has 0 heterocycles. The maximum Gasteiger partial charge on any atom is 0.242 e. The summed E-state index contributed by atoms with van der Waals surface area (Å²) in [6.07, 6.45) is 5.39. The topological polar surface area (TPSA) is 49.4 Å². The molecular weight excluding hydrogens is 420 g/mol. The molecule has 0 spiro atoms. The number of hydrogen-bond acceptors (Lipinski definition) is 2. The van der Waals surface area contributed by atoms with Crippen molar-refractivity contribution >= 4 is 23.4 Å². The summed E-state index contributed by atoms with van der Waals surface area (Å²) in [7, 11) is 0. The highest BCUT2D eigenvalue weighted by Gasteiger charge is 2.28. The van der Waals surface area contributed by atoms with E-state index < -0.39 is 6.04 Å². The highest BCUT2D eigenvalue weighted by atomic mass is 35.5. The summed E-state index contributed by atoms with van der Waals surface area (Å²) in [5.41, 5.74) is 3.39. The number of halogens is 1. The molecule has 4 nitrogen and oxygen atoms in total. The van der Waals surface area contributed by atoms with Gasteiger partial charge in [0.1, 0.15) is 6.04 Å². The maximum atomic E-state index is 13.3. The number of carbonyl (C=O) groups excluding carboxylic acids is 2. The Labute approximate surface area is 197 Å². The Bertz CT molecular complexity index is 887. The van der Waals surface area contributed by atoms with Crippen molar-refractivity contribution in [3.05, 3.63) is 70.2 Å². The van der Waals surface area contributed by atoms with Crippen LogP contribution in [0.4, 0.5) is 0 Å². The van der Waals surface area contributed by atoms with E-state index in [1.807, 2.05) is 31.2 Å². The molecule has 5 heteroatoms. The van der Waals surface area contributed by atoms with Crippen LogP contribution in [-0.4, -0.2) is 28.8 Å². The van der Waals surface area contributed by atoms with Crippen molar-refractivity contribution in [2.24, 2.45) is 0 Å². The molecule has 0 bridgehead atoms. The Kier molecular flexibility index (Phi) is 8.75. The van der Waals surface area contributed by atoms with Gasteiger partial charge < -0.3 is 10.2 Å². The van der Waals surface area contributed by atoms with Gasteiger partial charge in [0.25, 0.3) is 0 Å². The molecule has 1 fully saturated rings. The minimum atomic E-state index is -0.526. The summed E-state index contributed by atoms with van der Waals surface area (Å²) < 4.78 is 0. The summed E-state index contributed by atoms with van der Waals surface area (Å²) >= 11 is 6.02. The van der Waals surface area contributed by atoms with Gasteiger partial charge >= 0.3 is 0 Å². The van der Waals surface area contributed by atoms with Crippen LogP contribution in [0.1, 0.15) is 75.5 Å². The van der Waals surface area contributed by atoms with Crippen molar-refractivity contribution in [1.29, 1.82) is 0 Å². The molecule has 1 atom stereocenters. The van der Waals surface area contributed by atoms with E-state index in [0.717, 1.165) is 36.8 Å². The molecule has 3 rings (SSSR count). The molecule has 1 aliphatic rings. The fraction of sp³-hybridized carbons (Fsp3) is 0.481. The lowest BCUT2D eigenvalue weighted by Gasteiger charge is -2.30. The first-order valence-electron chi connectivity index (χ1n) is 11.8. The van der Waals surface area contributed by atoms with E-state index >= 15 is 0 Å². The van der Waals surface area contributed by atoms with Gasteiger partial charge in [0.05, 0.1) is 0 Å². The second-order valence-electron chi connectivity index (χ2n) is 9.21. The average Bonchev–Trinajstić information content (AvgIpc) is 3.30. The highest BCUT2D eigenvalue weighted by molar-refractivity contribution is 6.30. The molecule has 1 saturated carbocycles. The second-order valence-corrected chi connectivity index (χ2v) is 9.65. The Morgan fingerprint density at radius 3 is 2.16 bits per heavy atom. The minimum absolute atomic E-state index is 0.0121. The molecule has 172 valence electrons. The number of carbonyl (C=O) groups is 2. The quantitative estimate of drug-likeness (QED) is 0.514. The van der Waals surface area contributed by atoms with E-state index in [4.69, 9.17) is 11.6 Å². The normalized spacial score (nSPS) is 15.0. The van der Waals surface area contributed by atoms with Crippen molar-refractivity contribution < 1.29 is 9.59 Å². The third kappa shape index (κ3) is 6.83. The summed E-state index contributed by atoms with van der Waals surface area (Å²) in [6.45, 7) is 6.56. The Balaban J connectivity index is 1.68. The van der Waals surface area contributed by atoms with Crippen LogP contribution in [0.2, 0.25) is 5.02 Å². The smallest absolute Gasteiger partial charge is 0.242 e. The van der Waals surface area contributed by atoms with Gasteiger partial charge in [-0.3, -0.25) is 9.59 Å². The van der Waals surface area contributed by atoms with Crippen LogP contribution >= 0.6 is 11.6 Å². The van der Waals surface area contributed by atoms with Crippen molar-refractivity contribution in [2.75, 3.05) is 0 Å². The molecule has 2 amide bonds. The summed E-state index contributed by atoms with van der Waals surface area (Å²) in [5.74, 6) is 0.405. The first-order valence-corrected chi connectivity index (χ1v) is 12.1. The van der Waals surface area contributed by atoms with Crippen LogP contribution in [0.25, 0.3) is 0 Å². The Morgan fingerprint density at radius 1 is 0.969 bits per heavy atom. The number of aryl methyl sites for hydroxylation is 1. The number of nitrogens with one attached hydrogen (secondary N) is 1. The zero-order valence-electron chi connectivity index (χ0n) is 19.4. The minimum Gasteiger partial charge on any atom is -0.352 e. The third-order valence-corrected chi connectivity index (χ3v) is 6.66. The third-order valence-electron chi connectivity index (χ3n) is 6.41. The fourth-order valence-corrected chi connectivity index (χ4v) is 4.35. The van der Waals surface area contributed by atoms with Gasteiger partial charge in [0.15, 0.2) is 0 Å². The lowest BCUT2D eigenvalue weighted by atomic mass is 10.00. The van der Waals surface area contributed by atoms with Crippen molar-refractivity contribution in [1.82, 2.24) is 10.2 Å². The van der Waals surface area contributed by atoms with Crippen molar-refractivity contribution in [3.63, 3.8) is 0 Å². The summed E-state index contributed by atoms with van der Waals surface area (Å²) in [4.78, 5) is 27.9. The van der Waals surface area contributed by atoms with Gasteiger partial charge in [-0.2, -0.15) is 0 Å². The molecule has 0 saturated heterocycles. The number of amides is 2. The predicted octanol–water partition coefficient (Wildman–Crippen LogP) is 5.87. The van der Waals surface area contributed by atoms with E-state index in [1.165, 1.54) is 5.56 Å². The van der Waals surface area contributed by atoms with Crippen LogP contribution < -0.4 is 5.32 Å². The van der Waals surface area contributed by atoms with Crippen LogP contribution in [0.3, 0.4) is 0 Å². The SMILES string of the molecule is CC(C)c1ccc(CCC(=O)N(Cc2ccc(Cl)cc2)C(C)C(=O)NC2CCCC2)cc1. The first-order chi connectivity index (χ1) is 15.3. The molecule has 1 aliphatic carbocycles. The van der Waals surface area contributed by atoms with Gasteiger partial charge in [-0.05, 0) is 60.9 Å². The van der Waals surface area contributed by atoms with Crippen molar-refractivity contribution in [3.8, 4) is 0 Å². The Morgan fingerprint density at radius 2 is 1.56 bits per heavy atom. The lowest BCUT2D eigenvalue weighted by Crippen LogP contribution is -2.49. The van der Waals surface area contributed by atoms with Gasteiger partial charge in [-0.25, -0.2) is 0 Å². The maximum absolute atomic E-state index is 13.3. The number of rotatable bonds is 9. The molecule has 0 aromatic heterocycles. The molecule has 1 N–H and O–H groups in total. The molecule has 2 aromatic carbocycles. The van der Waals surface area contributed by atoms with Gasteiger partial charge in [-0.1, -0.05) is 74.7 Å². The standard InChI is InChI=1S/C27H35ClN2O2/c1-19(2)23-13-8-21(9-14-23)12-17-26(31)30(18-22-10-15-24(28)16-11-22)20(3)27(32)29-25-6-4-5-7-25/h8-11,13-16,19-20,25H,4-7,12,17-18H2,1-3H3,(H,29,32). The van der Waals surface area contributed by atoms with Crippen LogP contribution in [-0.2, 0) is 22.6 Å². The lowest BCUT2D eigenvalue weighted by molar-refractivity contribution is -0.140. The average molecular weight is 455 g/mol. The number of benzene rings is 2. The van der Waals surface area contributed by atoms with Gasteiger partial charge in [0.2, 0.25) is 11.8 Å². The highest BCUT2D eigenvalue weighted by Crippen LogP contribution is 2.20. The zero-order valence-corrected chi connectivity index (χ0v) is 20.2. The van der Waals surface area contributed by atoms with Crippen molar-refractivity contribution in [2.45, 2.75) is 83.8 Å². The van der Waals surface area contributed by atoms with E-state index in [0.29, 0.717) is 30.3 Å². The summed E-state index contributed by atoms with van der Waals surface area (Å²) in [5, 5.41) is 3.80. The van der Waals surface area contributed by atoms with E-state index in [9.17, 15) is 9.59 Å². The molecule has 32 heavy (non-hydrogen) atoms. The number of nitrogens with zero attached hydrogens (tertiary/aromatic N) is 1. The largest absolute Gasteiger partial charge is 0.352 e. The molecule has 0 radical (unpaired) electrons. The number of hydrogen-bond donors (Lipinski definition) is 1. The Hall–Kier alpha value is -2.33. The summed E-state index contributed by atoms with van der Waals surface area (Å²) in [6, 6.07) is 15.6. The fourth-order valence-electron chi connectivity index (χ4n) is 4.23. The van der Waals surface area contributed by atoms with E-state index in [1.54, 1.807) is 4.90 Å². The van der Waals surface area contributed by atoms with Gasteiger partial charge in [0, 0.05) is 24.0 Å². The van der Waals surface area contributed by atoms with Crippen LogP contribution in [0.5, 0.6) is 0 Å². The zero-order chi connectivity index (χ0) is 23.1. The molecule has 2 aromatic rings. The van der Waals surface area contributed by atoms with Crippen LogP contribution in [0, 0.1) is 0 Å². The van der Waals surface area contributed by atoms with Crippen LogP contribution in [0.15, 0.2) is 48.5 Å². The van der Waals surface area contributed by atoms with Gasteiger partial charge in [-0.15, -0.1) is 0 Å². The predicted molar refractivity (Wildman–Crippen MR) is 131 cm³/mol. The molecule has 1 unspecified atom stereocenters. The second kappa shape index (κ2) is 11.5. The van der Waals surface area contributed by atoms with E-state index in [2.05, 4.69) is 43.4 Å². The molecule has 0 aliphatic heterocycles. The van der Waals surface area contributed by atoms with E-state index in [-0.39, 0.29) is 17.9 Å². The molecular formula is C27H35ClN2O2. The monoisotopic (exact) mass is 454 g/mol.